The van der Waals surface area contributed by atoms with Crippen molar-refractivity contribution in [3.05, 3.63) is 83.0 Å². The van der Waals surface area contributed by atoms with E-state index in [0.717, 1.165) is 41.2 Å². The van der Waals surface area contributed by atoms with E-state index < -0.39 is 0 Å². The van der Waals surface area contributed by atoms with Crippen LogP contribution in [0, 0.1) is 0 Å². The summed E-state index contributed by atoms with van der Waals surface area (Å²) in [7, 11) is 1.63. The van der Waals surface area contributed by atoms with Crippen molar-refractivity contribution in [2.75, 3.05) is 18.2 Å². The van der Waals surface area contributed by atoms with Crippen LogP contribution < -0.4 is 10.1 Å². The number of methoxy groups -OCH3 is 1. The van der Waals surface area contributed by atoms with Gasteiger partial charge < -0.3 is 10.1 Å². The van der Waals surface area contributed by atoms with Crippen LogP contribution in [-0.2, 0) is 6.42 Å². The second kappa shape index (κ2) is 11.1. The SMILES string of the molecule is CCCSc1ncccc1C(=O)Nc1cccc(C(=O)CC2=NC(C)(C)Cc3ccc(OC)cc32)c1. The third-order valence-electron chi connectivity index (χ3n) is 5.92. The maximum atomic E-state index is 13.3. The van der Waals surface area contributed by atoms with Crippen molar-refractivity contribution < 1.29 is 14.3 Å². The van der Waals surface area contributed by atoms with Gasteiger partial charge in [0.05, 0.1) is 30.3 Å². The number of nitrogens with one attached hydrogen (secondary N) is 1. The monoisotopic (exact) mass is 501 g/mol. The Morgan fingerprint density at radius 1 is 1.11 bits per heavy atom. The zero-order valence-corrected chi connectivity index (χ0v) is 21.9. The number of ketones is 1. The van der Waals surface area contributed by atoms with E-state index in [1.54, 1.807) is 61.5 Å². The lowest BCUT2D eigenvalue weighted by atomic mass is 9.85. The van der Waals surface area contributed by atoms with Crippen molar-refractivity contribution in [1.29, 1.82) is 0 Å². The molecule has 0 saturated carbocycles. The highest BCUT2D eigenvalue weighted by Gasteiger charge is 2.28. The van der Waals surface area contributed by atoms with Gasteiger partial charge in [-0.3, -0.25) is 14.6 Å². The molecule has 0 atom stereocenters. The largest absolute Gasteiger partial charge is 0.497 e. The van der Waals surface area contributed by atoms with Crippen molar-refractivity contribution in [2.45, 2.75) is 50.6 Å². The summed E-state index contributed by atoms with van der Waals surface area (Å²) in [4.78, 5) is 35.6. The van der Waals surface area contributed by atoms with Crippen LogP contribution in [-0.4, -0.2) is 40.8 Å². The lowest BCUT2D eigenvalue weighted by Gasteiger charge is -2.29. The number of benzene rings is 2. The molecule has 7 heteroatoms. The molecule has 0 fully saturated rings. The van der Waals surface area contributed by atoms with Gasteiger partial charge in [-0.1, -0.05) is 25.1 Å². The van der Waals surface area contributed by atoms with E-state index in [1.807, 2.05) is 12.1 Å². The van der Waals surface area contributed by atoms with Gasteiger partial charge in [0.15, 0.2) is 5.78 Å². The van der Waals surface area contributed by atoms with E-state index in [9.17, 15) is 9.59 Å². The molecule has 2 heterocycles. The lowest BCUT2D eigenvalue weighted by Crippen LogP contribution is -2.30. The molecular weight excluding hydrogens is 470 g/mol. The first-order chi connectivity index (χ1) is 17.3. The van der Waals surface area contributed by atoms with Crippen LogP contribution >= 0.6 is 11.8 Å². The molecule has 0 aliphatic carbocycles. The quantitative estimate of drug-likeness (QED) is 0.277. The van der Waals surface area contributed by atoms with Crippen LogP contribution in [0.5, 0.6) is 5.75 Å². The predicted octanol–water partition coefficient (Wildman–Crippen LogP) is 6.24. The highest BCUT2D eigenvalue weighted by molar-refractivity contribution is 7.99. The van der Waals surface area contributed by atoms with E-state index in [-0.39, 0.29) is 23.7 Å². The summed E-state index contributed by atoms with van der Waals surface area (Å²) in [5, 5.41) is 3.63. The van der Waals surface area contributed by atoms with Gasteiger partial charge in [-0.05, 0) is 74.4 Å². The first-order valence-corrected chi connectivity index (χ1v) is 13.1. The molecule has 0 saturated heterocycles. The van der Waals surface area contributed by atoms with E-state index in [1.165, 1.54) is 0 Å². The van der Waals surface area contributed by atoms with E-state index in [4.69, 9.17) is 9.73 Å². The average molecular weight is 502 g/mol. The zero-order valence-electron chi connectivity index (χ0n) is 21.1. The Balaban J connectivity index is 1.54. The molecule has 0 unspecified atom stereocenters. The number of thioether (sulfide) groups is 1. The fraction of sp³-hybridized carbons (Fsp3) is 0.310. The maximum Gasteiger partial charge on any atom is 0.258 e. The van der Waals surface area contributed by atoms with Gasteiger partial charge in [-0.2, -0.15) is 0 Å². The van der Waals surface area contributed by atoms with Crippen molar-refractivity contribution in [2.24, 2.45) is 4.99 Å². The third kappa shape index (κ3) is 6.02. The van der Waals surface area contributed by atoms with Gasteiger partial charge in [0.2, 0.25) is 0 Å². The number of nitrogens with zero attached hydrogens (tertiary/aromatic N) is 2. The van der Waals surface area contributed by atoms with Gasteiger partial charge in [-0.25, -0.2) is 4.98 Å². The Hall–Kier alpha value is -3.45. The number of anilines is 1. The predicted molar refractivity (Wildman–Crippen MR) is 146 cm³/mol. The minimum atomic E-state index is -0.287. The molecule has 0 radical (unpaired) electrons. The molecule has 1 aliphatic rings. The number of amides is 1. The molecule has 3 aromatic rings. The number of Topliss-reactive ketones (excluding diaryl/α,β-unsaturated/α-hetero) is 1. The molecule has 6 nitrogen and oxygen atoms in total. The number of aromatic nitrogens is 1. The maximum absolute atomic E-state index is 13.3. The van der Waals surface area contributed by atoms with Crippen molar-refractivity contribution in [3.8, 4) is 5.75 Å². The van der Waals surface area contributed by atoms with Crippen LogP contribution in [0.3, 0.4) is 0 Å². The Morgan fingerprint density at radius 3 is 2.72 bits per heavy atom. The topological polar surface area (TPSA) is 80.7 Å². The molecule has 4 rings (SSSR count). The first kappa shape index (κ1) is 25.6. The Morgan fingerprint density at radius 2 is 1.94 bits per heavy atom. The highest BCUT2D eigenvalue weighted by atomic mass is 32.2. The van der Waals surface area contributed by atoms with Crippen molar-refractivity contribution >= 4 is 34.9 Å². The number of carbonyl (C=O) groups is 2. The Bertz CT molecular complexity index is 1320. The number of ether oxygens (including phenoxy) is 1. The van der Waals surface area contributed by atoms with Crippen LogP contribution in [0.4, 0.5) is 5.69 Å². The molecule has 0 bridgehead atoms. The summed E-state index contributed by atoms with van der Waals surface area (Å²) in [5.41, 5.74) is 4.20. The molecule has 1 aromatic heterocycles. The first-order valence-electron chi connectivity index (χ1n) is 12.1. The molecule has 1 aliphatic heterocycles. The van der Waals surface area contributed by atoms with E-state index >= 15 is 0 Å². The Labute approximate surface area is 216 Å². The summed E-state index contributed by atoms with van der Waals surface area (Å²) < 4.78 is 5.40. The number of aliphatic imine (C=N–C) groups is 1. The van der Waals surface area contributed by atoms with Gasteiger partial charge in [0.25, 0.3) is 5.91 Å². The Kier molecular flexibility index (Phi) is 7.89. The summed E-state index contributed by atoms with van der Waals surface area (Å²) in [6.07, 6.45) is 3.66. The van der Waals surface area contributed by atoms with Crippen LogP contribution in [0.2, 0.25) is 0 Å². The van der Waals surface area contributed by atoms with Crippen LogP contribution in [0.25, 0.3) is 0 Å². The number of carbonyl (C=O) groups excluding carboxylic acids is 2. The molecule has 1 N–H and O–H groups in total. The average Bonchev–Trinajstić information content (AvgIpc) is 2.87. The summed E-state index contributed by atoms with van der Waals surface area (Å²) in [5.74, 6) is 1.32. The standard InChI is InChI=1S/C29H31N3O3S/c1-5-14-36-28-23(10-7-13-30-28)27(34)31-21-9-6-8-19(15-21)26(33)17-25-24-16-22(35-4)12-11-20(24)18-29(2,3)32-25/h6-13,15-16H,5,14,17-18H2,1-4H3,(H,31,34). The molecular formula is C29H31N3O3S. The van der Waals surface area contributed by atoms with Gasteiger partial charge in [-0.15, -0.1) is 11.8 Å². The normalized spacial score (nSPS) is 13.9. The minimum Gasteiger partial charge on any atom is -0.497 e. The van der Waals surface area contributed by atoms with Crippen molar-refractivity contribution in [1.82, 2.24) is 4.98 Å². The van der Waals surface area contributed by atoms with Crippen LogP contribution in [0.15, 0.2) is 70.8 Å². The van der Waals surface area contributed by atoms with Gasteiger partial charge >= 0.3 is 0 Å². The number of fused-ring (bicyclic) bond motifs is 1. The fourth-order valence-electron chi connectivity index (χ4n) is 4.27. The van der Waals surface area contributed by atoms with Gasteiger partial charge in [0, 0.05) is 23.0 Å². The van der Waals surface area contributed by atoms with E-state index in [2.05, 4.69) is 37.1 Å². The molecule has 186 valence electrons. The van der Waals surface area contributed by atoms with E-state index in [0.29, 0.717) is 21.8 Å². The molecule has 2 aromatic carbocycles. The number of hydrogen-bond donors (Lipinski definition) is 1. The summed E-state index contributed by atoms with van der Waals surface area (Å²) in [6, 6.07) is 16.5. The lowest BCUT2D eigenvalue weighted by molar-refractivity contribution is 0.0996. The highest BCUT2D eigenvalue weighted by Crippen LogP contribution is 2.31. The molecule has 36 heavy (non-hydrogen) atoms. The number of pyridine rings is 1. The second-order valence-electron chi connectivity index (χ2n) is 9.41. The zero-order chi connectivity index (χ0) is 25.7. The number of hydrogen-bond acceptors (Lipinski definition) is 6. The van der Waals surface area contributed by atoms with Gasteiger partial charge in [0.1, 0.15) is 10.8 Å². The number of rotatable bonds is 9. The fourth-order valence-corrected chi connectivity index (χ4v) is 5.12. The summed E-state index contributed by atoms with van der Waals surface area (Å²) in [6.45, 7) is 6.24. The smallest absolute Gasteiger partial charge is 0.258 e. The summed E-state index contributed by atoms with van der Waals surface area (Å²) >= 11 is 1.56. The molecule has 1 amide bonds. The van der Waals surface area contributed by atoms with Crippen molar-refractivity contribution in [3.63, 3.8) is 0 Å². The van der Waals surface area contributed by atoms with Crippen LogP contribution in [0.1, 0.15) is 65.5 Å². The minimum absolute atomic E-state index is 0.0584. The molecule has 0 spiro atoms. The third-order valence-corrected chi connectivity index (χ3v) is 7.13. The second-order valence-corrected chi connectivity index (χ2v) is 10.5.